The lowest BCUT2D eigenvalue weighted by atomic mass is 10.1. The Kier molecular flexibility index (Phi) is 5.18. The number of carbonyl (C=O) groups excluding carboxylic acids is 2. The van der Waals surface area contributed by atoms with Gasteiger partial charge in [0.25, 0.3) is 11.8 Å². The van der Waals surface area contributed by atoms with Crippen molar-refractivity contribution in [3.63, 3.8) is 0 Å². The van der Waals surface area contributed by atoms with Gasteiger partial charge in [-0.05, 0) is 24.3 Å². The molecule has 0 spiro atoms. The SMILES string of the molecule is O=C(NCCNC(=O)c1cc(O)c(O)c(O)c1)c1cc(O)cc(O)c1. The molecule has 0 aliphatic heterocycles. The van der Waals surface area contributed by atoms with Gasteiger partial charge in [0, 0.05) is 30.3 Å². The molecule has 0 aromatic heterocycles. The topological polar surface area (TPSA) is 159 Å². The number of carbonyl (C=O) groups is 2. The summed E-state index contributed by atoms with van der Waals surface area (Å²) in [5, 5.41) is 51.5. The second kappa shape index (κ2) is 7.30. The number of phenols is 5. The van der Waals surface area contributed by atoms with Gasteiger partial charge in [0.2, 0.25) is 0 Å². The molecule has 2 aromatic carbocycles. The highest BCUT2D eigenvalue weighted by Crippen LogP contribution is 2.35. The van der Waals surface area contributed by atoms with Crippen LogP contribution in [0.3, 0.4) is 0 Å². The lowest BCUT2D eigenvalue weighted by Gasteiger charge is -2.09. The Morgan fingerprint density at radius 2 is 1.08 bits per heavy atom. The zero-order chi connectivity index (χ0) is 18.6. The van der Waals surface area contributed by atoms with E-state index in [4.69, 9.17) is 0 Å². The maximum atomic E-state index is 11.9. The number of hydrogen-bond donors (Lipinski definition) is 7. The number of nitrogens with one attached hydrogen (secondary N) is 2. The van der Waals surface area contributed by atoms with E-state index in [0.717, 1.165) is 18.2 Å². The molecule has 0 aliphatic carbocycles. The standard InChI is InChI=1S/C16H16N2O7/c19-10-3-8(4-11(20)7-10)15(24)17-1-2-18-16(25)9-5-12(21)14(23)13(22)6-9/h3-7,19-23H,1-2H2,(H,17,24)(H,18,25). The molecule has 9 nitrogen and oxygen atoms in total. The summed E-state index contributed by atoms with van der Waals surface area (Å²) in [4.78, 5) is 23.7. The average molecular weight is 348 g/mol. The van der Waals surface area contributed by atoms with Gasteiger partial charge in [0.15, 0.2) is 17.2 Å². The molecule has 0 fully saturated rings. The van der Waals surface area contributed by atoms with E-state index in [1.807, 2.05) is 0 Å². The molecule has 25 heavy (non-hydrogen) atoms. The van der Waals surface area contributed by atoms with Crippen LogP contribution in [-0.4, -0.2) is 50.4 Å². The number of rotatable bonds is 5. The largest absolute Gasteiger partial charge is 0.508 e. The number of phenolic OH excluding ortho intramolecular Hbond substituents is 5. The van der Waals surface area contributed by atoms with E-state index in [-0.39, 0.29) is 35.7 Å². The number of benzene rings is 2. The van der Waals surface area contributed by atoms with Crippen molar-refractivity contribution >= 4 is 11.8 Å². The molecule has 0 aliphatic rings. The van der Waals surface area contributed by atoms with Gasteiger partial charge in [-0.2, -0.15) is 0 Å². The van der Waals surface area contributed by atoms with Crippen molar-refractivity contribution in [3.05, 3.63) is 41.5 Å². The maximum absolute atomic E-state index is 11.9. The van der Waals surface area contributed by atoms with Crippen molar-refractivity contribution in [2.75, 3.05) is 13.1 Å². The van der Waals surface area contributed by atoms with E-state index < -0.39 is 29.1 Å². The summed E-state index contributed by atoms with van der Waals surface area (Å²) >= 11 is 0. The van der Waals surface area contributed by atoms with Crippen molar-refractivity contribution in [2.24, 2.45) is 0 Å². The van der Waals surface area contributed by atoms with Gasteiger partial charge in [-0.1, -0.05) is 0 Å². The molecule has 0 unspecified atom stereocenters. The van der Waals surface area contributed by atoms with Crippen molar-refractivity contribution in [3.8, 4) is 28.7 Å². The van der Waals surface area contributed by atoms with E-state index in [2.05, 4.69) is 10.6 Å². The van der Waals surface area contributed by atoms with Crippen LogP contribution in [0.2, 0.25) is 0 Å². The fraction of sp³-hybridized carbons (Fsp3) is 0.125. The maximum Gasteiger partial charge on any atom is 0.251 e. The van der Waals surface area contributed by atoms with Crippen LogP contribution < -0.4 is 10.6 Å². The number of amides is 2. The van der Waals surface area contributed by atoms with Crippen LogP contribution in [0.5, 0.6) is 28.7 Å². The van der Waals surface area contributed by atoms with Gasteiger partial charge in [-0.15, -0.1) is 0 Å². The molecule has 2 rings (SSSR count). The Morgan fingerprint density at radius 1 is 0.680 bits per heavy atom. The van der Waals surface area contributed by atoms with Crippen LogP contribution in [0.15, 0.2) is 30.3 Å². The molecule has 9 heteroatoms. The van der Waals surface area contributed by atoms with Gasteiger partial charge in [0.05, 0.1) is 0 Å². The van der Waals surface area contributed by atoms with E-state index in [1.165, 1.54) is 12.1 Å². The fourth-order valence-corrected chi connectivity index (χ4v) is 2.02. The monoisotopic (exact) mass is 348 g/mol. The van der Waals surface area contributed by atoms with Gasteiger partial charge in [0.1, 0.15) is 11.5 Å². The number of aromatic hydroxyl groups is 5. The first-order valence-corrected chi connectivity index (χ1v) is 7.12. The lowest BCUT2D eigenvalue weighted by molar-refractivity contribution is 0.0927. The van der Waals surface area contributed by atoms with Gasteiger partial charge in [-0.25, -0.2) is 0 Å². The summed E-state index contributed by atoms with van der Waals surface area (Å²) in [6.45, 7) is 0.0921. The molecule has 2 amide bonds. The molecule has 0 atom stereocenters. The number of hydrogen-bond acceptors (Lipinski definition) is 7. The van der Waals surface area contributed by atoms with Crippen molar-refractivity contribution in [2.45, 2.75) is 0 Å². The molecule has 7 N–H and O–H groups in total. The lowest BCUT2D eigenvalue weighted by Crippen LogP contribution is -2.34. The molecule has 0 radical (unpaired) electrons. The van der Waals surface area contributed by atoms with Gasteiger partial charge < -0.3 is 36.2 Å². The Morgan fingerprint density at radius 3 is 1.52 bits per heavy atom. The Bertz CT molecular complexity index is 777. The van der Waals surface area contributed by atoms with Crippen LogP contribution in [0.1, 0.15) is 20.7 Å². The molecule has 0 saturated heterocycles. The Hall–Kier alpha value is -3.62. The van der Waals surface area contributed by atoms with E-state index >= 15 is 0 Å². The summed E-state index contributed by atoms with van der Waals surface area (Å²) in [6, 6.07) is 5.40. The third kappa shape index (κ3) is 4.44. The fourth-order valence-electron chi connectivity index (χ4n) is 2.02. The highest BCUT2D eigenvalue weighted by atomic mass is 16.3. The predicted molar refractivity (Wildman–Crippen MR) is 85.9 cm³/mol. The second-order valence-electron chi connectivity index (χ2n) is 5.11. The highest BCUT2D eigenvalue weighted by Gasteiger charge is 2.13. The van der Waals surface area contributed by atoms with Crippen LogP contribution in [-0.2, 0) is 0 Å². The molecule has 0 bridgehead atoms. The first-order valence-electron chi connectivity index (χ1n) is 7.12. The normalized spacial score (nSPS) is 10.2. The predicted octanol–water partition coefficient (Wildman–Crippen LogP) is 0.374. The molecule has 132 valence electrons. The van der Waals surface area contributed by atoms with E-state index in [9.17, 15) is 35.1 Å². The summed E-state index contributed by atoms with van der Waals surface area (Å²) in [7, 11) is 0. The van der Waals surface area contributed by atoms with Crippen LogP contribution >= 0.6 is 0 Å². The van der Waals surface area contributed by atoms with Crippen LogP contribution in [0.4, 0.5) is 0 Å². The molecule has 0 heterocycles. The zero-order valence-electron chi connectivity index (χ0n) is 12.9. The molecule has 2 aromatic rings. The van der Waals surface area contributed by atoms with Gasteiger partial charge in [-0.3, -0.25) is 9.59 Å². The smallest absolute Gasteiger partial charge is 0.251 e. The van der Waals surface area contributed by atoms with Crippen LogP contribution in [0.25, 0.3) is 0 Å². The Balaban J connectivity index is 1.86. The summed E-state index contributed by atoms with van der Waals surface area (Å²) in [6.07, 6.45) is 0. The first-order chi connectivity index (χ1) is 11.8. The van der Waals surface area contributed by atoms with E-state index in [0.29, 0.717) is 0 Å². The van der Waals surface area contributed by atoms with Crippen molar-refractivity contribution < 1.29 is 35.1 Å². The quantitative estimate of drug-likeness (QED) is 0.304. The zero-order valence-corrected chi connectivity index (χ0v) is 12.9. The minimum atomic E-state index is -0.724. The molecular weight excluding hydrogens is 332 g/mol. The summed E-state index contributed by atoms with van der Waals surface area (Å²) in [5.41, 5.74) is -0.0192. The average Bonchev–Trinajstić information content (AvgIpc) is 2.54. The third-order valence-corrected chi connectivity index (χ3v) is 3.19. The Labute approximate surface area is 141 Å². The van der Waals surface area contributed by atoms with Crippen molar-refractivity contribution in [1.82, 2.24) is 10.6 Å². The third-order valence-electron chi connectivity index (χ3n) is 3.19. The molecular formula is C16H16N2O7. The van der Waals surface area contributed by atoms with Gasteiger partial charge >= 0.3 is 0 Å². The summed E-state index contributed by atoms with van der Waals surface area (Å²) < 4.78 is 0. The summed E-state index contributed by atoms with van der Waals surface area (Å²) in [5.74, 6) is -3.70. The van der Waals surface area contributed by atoms with Crippen LogP contribution in [0, 0.1) is 0 Å². The minimum absolute atomic E-state index is 0.0395. The van der Waals surface area contributed by atoms with Crippen molar-refractivity contribution in [1.29, 1.82) is 0 Å². The highest BCUT2D eigenvalue weighted by molar-refractivity contribution is 5.96. The molecule has 0 saturated carbocycles. The first kappa shape index (κ1) is 17.7. The minimum Gasteiger partial charge on any atom is -0.508 e. The second-order valence-corrected chi connectivity index (χ2v) is 5.11. The van der Waals surface area contributed by atoms with E-state index in [1.54, 1.807) is 0 Å².